The van der Waals surface area contributed by atoms with E-state index in [1.54, 1.807) is 0 Å². The molecule has 6 amide bonds. The second kappa shape index (κ2) is 7.67. The van der Waals surface area contributed by atoms with Crippen molar-refractivity contribution in [3.63, 3.8) is 0 Å². The van der Waals surface area contributed by atoms with Crippen molar-refractivity contribution in [3.8, 4) is 0 Å². The number of nitro groups is 2. The van der Waals surface area contributed by atoms with Gasteiger partial charge in [0.1, 0.15) is 0 Å². The van der Waals surface area contributed by atoms with Crippen LogP contribution in [0.2, 0.25) is 0 Å². The summed E-state index contributed by atoms with van der Waals surface area (Å²) in [5, 5.41) is 31.9. The van der Waals surface area contributed by atoms with Crippen molar-refractivity contribution < 1.29 is 29.0 Å². The molecule has 2 aliphatic heterocycles. The summed E-state index contributed by atoms with van der Waals surface area (Å²) < 4.78 is 0. The highest BCUT2D eigenvalue weighted by Gasteiger charge is 2.66. The van der Waals surface area contributed by atoms with E-state index >= 15 is 0 Å². The van der Waals surface area contributed by atoms with Crippen LogP contribution in [0.25, 0.3) is 0 Å². The van der Waals surface area contributed by atoms with Crippen LogP contribution in [-0.2, 0) is 9.59 Å². The summed E-state index contributed by atoms with van der Waals surface area (Å²) in [5.74, 6) is -2.40. The number of imide groups is 2. The molecule has 2 heterocycles. The molecular formula is C19H14N6O8. The van der Waals surface area contributed by atoms with Crippen LogP contribution >= 0.6 is 0 Å². The van der Waals surface area contributed by atoms with E-state index in [0.717, 1.165) is 12.1 Å². The fourth-order valence-corrected chi connectivity index (χ4v) is 4.21. The Balaban J connectivity index is 2.04. The lowest BCUT2D eigenvalue weighted by molar-refractivity contribution is -0.386. The van der Waals surface area contributed by atoms with Crippen LogP contribution in [0.5, 0.6) is 0 Å². The van der Waals surface area contributed by atoms with Crippen molar-refractivity contribution in [2.24, 2.45) is 5.41 Å². The molecule has 2 saturated heterocycles. The van der Waals surface area contributed by atoms with Crippen molar-refractivity contribution in [2.45, 2.75) is 12.1 Å². The minimum Gasteiger partial charge on any atom is -0.329 e. The molecular weight excluding hydrogens is 440 g/mol. The van der Waals surface area contributed by atoms with Crippen molar-refractivity contribution in [3.05, 3.63) is 79.9 Å². The predicted molar refractivity (Wildman–Crippen MR) is 107 cm³/mol. The third-order valence-electron chi connectivity index (χ3n) is 5.56. The van der Waals surface area contributed by atoms with Crippen molar-refractivity contribution in [2.75, 3.05) is 0 Å². The number of amides is 6. The summed E-state index contributed by atoms with van der Waals surface area (Å²) in [6.45, 7) is 0. The molecule has 2 aliphatic rings. The Labute approximate surface area is 183 Å². The Morgan fingerprint density at radius 3 is 1.45 bits per heavy atom. The SMILES string of the molecule is O=C1NC(=O)C2(C(=O)N1)C(c1ccccc1[N+](=O)[O-])NC(=O)NC2c1ccccc1[N+](=O)[O-]. The number of nitro benzene ring substituents is 2. The molecule has 0 bridgehead atoms. The summed E-state index contributed by atoms with van der Waals surface area (Å²) in [4.78, 5) is 72.8. The van der Waals surface area contributed by atoms with Gasteiger partial charge in [0.05, 0.1) is 33.1 Å². The summed E-state index contributed by atoms with van der Waals surface area (Å²) in [5.41, 5.74) is -3.88. The third-order valence-corrected chi connectivity index (χ3v) is 5.56. The second-order valence-electron chi connectivity index (χ2n) is 7.22. The minimum absolute atomic E-state index is 0.208. The first-order chi connectivity index (χ1) is 15.7. The molecule has 2 unspecified atom stereocenters. The van der Waals surface area contributed by atoms with E-state index in [-0.39, 0.29) is 11.1 Å². The Hall–Kier alpha value is -4.88. The highest BCUT2D eigenvalue weighted by atomic mass is 16.6. The monoisotopic (exact) mass is 454 g/mol. The van der Waals surface area contributed by atoms with Crippen molar-refractivity contribution in [1.82, 2.24) is 21.3 Å². The molecule has 2 aromatic rings. The number of nitrogens with one attached hydrogen (secondary N) is 4. The number of carbonyl (C=O) groups excluding carboxylic acids is 4. The zero-order valence-electron chi connectivity index (χ0n) is 16.4. The molecule has 4 rings (SSSR count). The van der Waals surface area contributed by atoms with E-state index in [1.165, 1.54) is 36.4 Å². The molecule has 14 nitrogen and oxygen atoms in total. The van der Waals surface area contributed by atoms with Gasteiger partial charge in [0.15, 0.2) is 5.41 Å². The minimum atomic E-state index is -2.44. The number of carbonyl (C=O) groups is 4. The van der Waals surface area contributed by atoms with Gasteiger partial charge >= 0.3 is 12.1 Å². The molecule has 2 aromatic carbocycles. The zero-order valence-corrected chi connectivity index (χ0v) is 16.4. The topological polar surface area (TPSA) is 203 Å². The molecule has 168 valence electrons. The lowest BCUT2D eigenvalue weighted by atomic mass is 9.65. The molecule has 0 aromatic heterocycles. The number of barbiturate groups is 1. The van der Waals surface area contributed by atoms with Crippen LogP contribution in [0, 0.1) is 25.6 Å². The van der Waals surface area contributed by atoms with E-state index in [9.17, 15) is 39.4 Å². The standard InChI is InChI=1S/C19H14N6O8/c26-15-19(16(27)23-18(29)22-15)13(9-5-1-3-7-11(9)24(30)31)20-17(28)21-14(19)10-6-2-4-8-12(10)25(32)33/h1-8,13-14H,(H2,20,21,28)(H2,22,23,26,27,29). The Morgan fingerprint density at radius 2 is 1.06 bits per heavy atom. The molecule has 2 fully saturated rings. The maximum atomic E-state index is 13.3. The molecule has 0 saturated carbocycles. The molecule has 4 N–H and O–H groups in total. The van der Waals surface area contributed by atoms with E-state index in [2.05, 4.69) is 10.6 Å². The van der Waals surface area contributed by atoms with Gasteiger partial charge in [-0.25, -0.2) is 9.59 Å². The van der Waals surface area contributed by atoms with Crippen LogP contribution < -0.4 is 21.3 Å². The van der Waals surface area contributed by atoms with Gasteiger partial charge in [0.2, 0.25) is 11.8 Å². The average Bonchev–Trinajstić information content (AvgIpc) is 2.77. The number of para-hydroxylation sites is 2. The Morgan fingerprint density at radius 1 is 0.667 bits per heavy atom. The maximum Gasteiger partial charge on any atom is 0.328 e. The zero-order chi connectivity index (χ0) is 23.9. The molecule has 2 atom stereocenters. The first kappa shape index (κ1) is 21.4. The number of hydrogen-bond acceptors (Lipinski definition) is 8. The summed E-state index contributed by atoms with van der Waals surface area (Å²) in [7, 11) is 0. The molecule has 0 aliphatic carbocycles. The van der Waals surface area contributed by atoms with Gasteiger partial charge in [-0.05, 0) is 0 Å². The first-order valence-corrected chi connectivity index (χ1v) is 9.38. The van der Waals surface area contributed by atoms with Gasteiger partial charge in [-0.2, -0.15) is 0 Å². The summed E-state index contributed by atoms with van der Waals surface area (Å²) in [6, 6.07) is 4.79. The summed E-state index contributed by atoms with van der Waals surface area (Å²) in [6.07, 6.45) is 0. The van der Waals surface area contributed by atoms with Crippen LogP contribution in [0.15, 0.2) is 48.5 Å². The number of nitrogens with zero attached hydrogens (tertiary/aromatic N) is 2. The van der Waals surface area contributed by atoms with E-state index in [0.29, 0.717) is 0 Å². The Kier molecular flexibility index (Phi) is 4.96. The lowest BCUT2D eigenvalue weighted by Crippen LogP contribution is -2.73. The fourth-order valence-electron chi connectivity index (χ4n) is 4.21. The summed E-state index contributed by atoms with van der Waals surface area (Å²) >= 11 is 0. The van der Waals surface area contributed by atoms with E-state index in [4.69, 9.17) is 0 Å². The van der Waals surface area contributed by atoms with Crippen LogP contribution in [-0.4, -0.2) is 33.7 Å². The number of hydrogen-bond donors (Lipinski definition) is 4. The largest absolute Gasteiger partial charge is 0.329 e. The number of benzene rings is 2. The van der Waals surface area contributed by atoms with Gasteiger partial charge in [-0.3, -0.25) is 40.5 Å². The van der Waals surface area contributed by atoms with Crippen molar-refractivity contribution in [1.29, 1.82) is 0 Å². The van der Waals surface area contributed by atoms with Crippen molar-refractivity contribution >= 4 is 35.3 Å². The van der Waals surface area contributed by atoms with Crippen LogP contribution in [0.3, 0.4) is 0 Å². The molecule has 14 heteroatoms. The van der Waals surface area contributed by atoms with Gasteiger partial charge < -0.3 is 10.6 Å². The Bertz CT molecular complexity index is 1150. The molecule has 33 heavy (non-hydrogen) atoms. The van der Waals surface area contributed by atoms with Gasteiger partial charge in [0, 0.05) is 12.1 Å². The lowest BCUT2D eigenvalue weighted by Gasteiger charge is -2.48. The second-order valence-corrected chi connectivity index (χ2v) is 7.22. The third kappa shape index (κ3) is 3.20. The fraction of sp³-hybridized carbons (Fsp3) is 0.158. The quantitative estimate of drug-likeness (QED) is 0.297. The molecule has 0 radical (unpaired) electrons. The average molecular weight is 454 g/mol. The maximum absolute atomic E-state index is 13.3. The van der Waals surface area contributed by atoms with Gasteiger partial charge in [-0.15, -0.1) is 0 Å². The van der Waals surface area contributed by atoms with Crippen LogP contribution in [0.4, 0.5) is 21.0 Å². The molecule has 1 spiro atoms. The van der Waals surface area contributed by atoms with E-state index in [1.807, 2.05) is 10.6 Å². The first-order valence-electron chi connectivity index (χ1n) is 9.38. The number of urea groups is 2. The van der Waals surface area contributed by atoms with Gasteiger partial charge in [-0.1, -0.05) is 36.4 Å². The predicted octanol–water partition coefficient (Wildman–Crippen LogP) is 0.951. The van der Waals surface area contributed by atoms with Crippen LogP contribution in [0.1, 0.15) is 23.2 Å². The highest BCUT2D eigenvalue weighted by molar-refractivity contribution is 6.21. The van der Waals surface area contributed by atoms with E-state index < -0.39 is 62.6 Å². The van der Waals surface area contributed by atoms with Gasteiger partial charge in [0.25, 0.3) is 11.4 Å². The smallest absolute Gasteiger partial charge is 0.328 e. The normalized spacial score (nSPS) is 21.5. The number of rotatable bonds is 4. The highest BCUT2D eigenvalue weighted by Crippen LogP contribution is 2.51.